The molecule has 2 aromatic rings. The normalized spacial score (nSPS) is 10.8. The summed E-state index contributed by atoms with van der Waals surface area (Å²) in [6.07, 6.45) is 0. The average molecular weight is 379 g/mol. The topological polar surface area (TPSA) is 12.0 Å². The highest BCUT2D eigenvalue weighted by atomic mass is 79.9. The summed E-state index contributed by atoms with van der Waals surface area (Å²) in [5, 5.41) is 3.78. The maximum Gasteiger partial charge on any atom is 0.288 e. The Balaban J connectivity index is 2.08. The molecule has 2 rings (SSSR count). The lowest BCUT2D eigenvalue weighted by Gasteiger charge is -2.11. The molecule has 0 aliphatic rings. The van der Waals surface area contributed by atoms with Crippen LogP contribution in [0.25, 0.3) is 0 Å². The summed E-state index contributed by atoms with van der Waals surface area (Å²) in [5.41, 5.74) is 1.67. The van der Waals surface area contributed by atoms with Crippen LogP contribution in [0.15, 0.2) is 51.8 Å². The van der Waals surface area contributed by atoms with E-state index in [1.165, 1.54) is 0 Å². The van der Waals surface area contributed by atoms with Gasteiger partial charge in [-0.2, -0.15) is 8.78 Å². The van der Waals surface area contributed by atoms with E-state index in [1.807, 2.05) is 24.3 Å². The van der Waals surface area contributed by atoms with Gasteiger partial charge in [0.1, 0.15) is 0 Å². The minimum absolute atomic E-state index is 0.522. The van der Waals surface area contributed by atoms with E-state index in [0.717, 1.165) is 10.0 Å². The maximum absolute atomic E-state index is 12.5. The van der Waals surface area contributed by atoms with Gasteiger partial charge >= 0.3 is 0 Å². The highest BCUT2D eigenvalue weighted by molar-refractivity contribution is 9.10. The molecule has 0 unspecified atom stereocenters. The van der Waals surface area contributed by atoms with Crippen molar-refractivity contribution < 1.29 is 8.78 Å². The van der Waals surface area contributed by atoms with Gasteiger partial charge in [0.15, 0.2) is 0 Å². The minimum atomic E-state index is -2.43. The summed E-state index contributed by atoms with van der Waals surface area (Å²) in [5.74, 6) is -2.43. The van der Waals surface area contributed by atoms with Crippen LogP contribution >= 0.6 is 39.3 Å². The van der Waals surface area contributed by atoms with Crippen molar-refractivity contribution in [2.75, 3.05) is 5.32 Å². The molecule has 0 fully saturated rings. The highest BCUT2D eigenvalue weighted by Gasteiger charge is 2.09. The number of para-hydroxylation sites is 1. The first kappa shape index (κ1) is 15.6. The Morgan fingerprint density at radius 2 is 1.95 bits per heavy atom. The zero-order valence-corrected chi connectivity index (χ0v) is 13.4. The monoisotopic (exact) mass is 377 g/mol. The Bertz CT molecular complexity index is 595. The summed E-state index contributed by atoms with van der Waals surface area (Å²) in [4.78, 5) is 0.533. The van der Waals surface area contributed by atoms with Crippen molar-refractivity contribution >= 4 is 45.0 Å². The molecule has 0 atom stereocenters. The van der Waals surface area contributed by atoms with E-state index >= 15 is 0 Å². The van der Waals surface area contributed by atoms with Gasteiger partial charge in [-0.05, 0) is 45.8 Å². The van der Waals surface area contributed by atoms with Crippen molar-refractivity contribution in [2.45, 2.75) is 17.2 Å². The summed E-state index contributed by atoms with van der Waals surface area (Å²) >= 11 is 9.88. The van der Waals surface area contributed by atoms with E-state index < -0.39 is 5.76 Å². The van der Waals surface area contributed by atoms with E-state index in [1.54, 1.807) is 18.2 Å². The van der Waals surface area contributed by atoms with Gasteiger partial charge in [0, 0.05) is 21.6 Å². The third kappa shape index (κ3) is 4.36. The fourth-order valence-electron chi connectivity index (χ4n) is 1.66. The van der Waals surface area contributed by atoms with Gasteiger partial charge in [-0.15, -0.1) is 0 Å². The van der Waals surface area contributed by atoms with E-state index in [-0.39, 0.29) is 0 Å². The lowest BCUT2D eigenvalue weighted by molar-refractivity contribution is 0.252. The van der Waals surface area contributed by atoms with Gasteiger partial charge in [0.25, 0.3) is 5.76 Å². The zero-order valence-electron chi connectivity index (χ0n) is 10.2. The number of thioether (sulfide) groups is 1. The van der Waals surface area contributed by atoms with Gasteiger partial charge in [-0.3, -0.25) is 0 Å². The van der Waals surface area contributed by atoms with Crippen LogP contribution < -0.4 is 5.32 Å². The predicted octanol–water partition coefficient (Wildman–Crippen LogP) is 6.03. The molecule has 1 N–H and O–H groups in total. The summed E-state index contributed by atoms with van der Waals surface area (Å²) in [6.45, 7) is 0.522. The largest absolute Gasteiger partial charge is 0.380 e. The smallest absolute Gasteiger partial charge is 0.288 e. The Labute approximate surface area is 133 Å². The Morgan fingerprint density at radius 3 is 2.65 bits per heavy atom. The Hall–Kier alpha value is -0.780. The van der Waals surface area contributed by atoms with Crippen LogP contribution in [0.1, 0.15) is 5.56 Å². The summed E-state index contributed by atoms with van der Waals surface area (Å²) < 4.78 is 25.8. The molecule has 0 heterocycles. The average Bonchev–Trinajstić information content (AvgIpc) is 2.41. The van der Waals surface area contributed by atoms with Crippen molar-refractivity contribution in [3.63, 3.8) is 0 Å². The summed E-state index contributed by atoms with van der Waals surface area (Å²) in [6, 6.07) is 12.6. The number of hydrogen-bond donors (Lipinski definition) is 1. The molecular weight excluding hydrogens is 368 g/mol. The molecule has 20 heavy (non-hydrogen) atoms. The molecule has 0 aromatic heterocycles. The van der Waals surface area contributed by atoms with Crippen LogP contribution in [0.2, 0.25) is 5.02 Å². The molecule has 0 saturated carbocycles. The number of anilines is 1. The van der Waals surface area contributed by atoms with E-state index in [4.69, 9.17) is 11.6 Å². The van der Waals surface area contributed by atoms with Gasteiger partial charge in [-0.25, -0.2) is 0 Å². The number of rotatable bonds is 5. The van der Waals surface area contributed by atoms with Crippen LogP contribution in [0, 0.1) is 0 Å². The van der Waals surface area contributed by atoms with Crippen molar-refractivity contribution in [1.82, 2.24) is 0 Å². The van der Waals surface area contributed by atoms with Crippen molar-refractivity contribution in [1.29, 1.82) is 0 Å². The second kappa shape index (κ2) is 7.29. The molecule has 6 heteroatoms. The molecule has 1 nitrogen and oxygen atoms in total. The van der Waals surface area contributed by atoms with Crippen molar-refractivity contribution in [3.05, 3.63) is 57.5 Å². The zero-order chi connectivity index (χ0) is 14.5. The summed E-state index contributed by atoms with van der Waals surface area (Å²) in [7, 11) is 0. The fourth-order valence-corrected chi connectivity index (χ4v) is 2.72. The van der Waals surface area contributed by atoms with Gasteiger partial charge in [0.2, 0.25) is 0 Å². The molecule has 0 radical (unpaired) electrons. The second-order valence-electron chi connectivity index (χ2n) is 3.98. The lowest BCUT2D eigenvalue weighted by atomic mass is 10.2. The molecule has 0 amide bonds. The van der Waals surface area contributed by atoms with Crippen LogP contribution in [0.5, 0.6) is 0 Å². The molecule has 0 spiro atoms. The molecule has 0 saturated heterocycles. The van der Waals surface area contributed by atoms with Gasteiger partial charge < -0.3 is 5.32 Å². The molecule has 106 valence electrons. The van der Waals surface area contributed by atoms with Gasteiger partial charge in [0.05, 0.1) is 5.02 Å². The lowest BCUT2D eigenvalue weighted by Crippen LogP contribution is -2.01. The molecular formula is C14H11BrClF2NS. The van der Waals surface area contributed by atoms with Crippen LogP contribution in [-0.2, 0) is 6.54 Å². The van der Waals surface area contributed by atoms with Crippen LogP contribution in [-0.4, -0.2) is 5.76 Å². The quantitative estimate of drug-likeness (QED) is 0.638. The number of hydrogen-bond acceptors (Lipinski definition) is 2. The minimum Gasteiger partial charge on any atom is -0.380 e. The fraction of sp³-hybridized carbons (Fsp3) is 0.143. The molecule has 0 aliphatic carbocycles. The molecule has 0 bridgehead atoms. The Kier molecular flexibility index (Phi) is 5.69. The van der Waals surface area contributed by atoms with Crippen LogP contribution in [0.4, 0.5) is 14.5 Å². The Morgan fingerprint density at radius 1 is 1.20 bits per heavy atom. The SMILES string of the molecule is FC(F)Sc1ccccc1NCc1ccc(Br)c(Cl)c1. The number of alkyl halides is 2. The predicted molar refractivity (Wildman–Crippen MR) is 84.8 cm³/mol. The number of nitrogens with one attached hydrogen (secondary N) is 1. The molecule has 2 aromatic carbocycles. The second-order valence-corrected chi connectivity index (χ2v) is 6.27. The van der Waals surface area contributed by atoms with Crippen molar-refractivity contribution in [3.8, 4) is 0 Å². The third-order valence-electron chi connectivity index (χ3n) is 2.57. The molecule has 0 aliphatic heterocycles. The first-order valence-corrected chi connectivity index (χ1v) is 7.83. The van der Waals surface area contributed by atoms with Crippen molar-refractivity contribution in [2.24, 2.45) is 0 Å². The number of halogens is 4. The van der Waals surface area contributed by atoms with E-state index in [0.29, 0.717) is 33.9 Å². The highest BCUT2D eigenvalue weighted by Crippen LogP contribution is 2.32. The number of benzene rings is 2. The maximum atomic E-state index is 12.5. The van der Waals surface area contributed by atoms with E-state index in [9.17, 15) is 8.78 Å². The standard InChI is InChI=1S/C14H11BrClF2NS/c15-10-6-5-9(7-11(10)16)8-19-12-3-1-2-4-13(12)20-14(17)18/h1-7,14,19H,8H2. The van der Waals surface area contributed by atoms with Gasteiger partial charge in [-0.1, -0.05) is 41.6 Å². The third-order valence-corrected chi connectivity index (χ3v) is 4.59. The van der Waals surface area contributed by atoms with Crippen LogP contribution in [0.3, 0.4) is 0 Å². The van der Waals surface area contributed by atoms with E-state index in [2.05, 4.69) is 21.2 Å². The first-order valence-electron chi connectivity index (χ1n) is 5.78. The first-order chi connectivity index (χ1) is 9.56.